The summed E-state index contributed by atoms with van der Waals surface area (Å²) < 4.78 is 28.7. The number of hydrogen-bond donors (Lipinski definition) is 3. The second kappa shape index (κ2) is 10.9. The predicted molar refractivity (Wildman–Crippen MR) is 119 cm³/mol. The van der Waals surface area contributed by atoms with Crippen LogP contribution in [-0.2, 0) is 11.3 Å². The molecule has 6 nitrogen and oxygen atoms in total. The van der Waals surface area contributed by atoms with Crippen LogP contribution in [0, 0.1) is 6.92 Å². The van der Waals surface area contributed by atoms with Gasteiger partial charge < -0.3 is 20.7 Å². The van der Waals surface area contributed by atoms with Gasteiger partial charge in [-0.2, -0.15) is 8.78 Å². The summed E-state index contributed by atoms with van der Waals surface area (Å²) in [5.74, 6) is -0.618. The summed E-state index contributed by atoms with van der Waals surface area (Å²) in [6.07, 6.45) is 0. The number of carbonyl (C=O) groups excluding carboxylic acids is 2. The van der Waals surface area contributed by atoms with Gasteiger partial charge in [-0.05, 0) is 48.9 Å². The van der Waals surface area contributed by atoms with E-state index in [1.807, 2.05) is 31.2 Å². The minimum absolute atomic E-state index is 0.00158. The van der Waals surface area contributed by atoms with Gasteiger partial charge in [-0.1, -0.05) is 42.0 Å². The normalized spacial score (nSPS) is 10.5. The Morgan fingerprint density at radius 2 is 1.62 bits per heavy atom. The number of benzene rings is 3. The molecule has 0 aliphatic carbocycles. The van der Waals surface area contributed by atoms with Crippen LogP contribution in [0.3, 0.4) is 0 Å². The SMILES string of the molecule is Cc1ccc(CNC(=O)c2ccccc2NCC(=O)Nc2ccc(OC(F)F)cc2)cc1. The Labute approximate surface area is 184 Å². The zero-order valence-corrected chi connectivity index (χ0v) is 17.4. The largest absolute Gasteiger partial charge is 0.435 e. The van der Waals surface area contributed by atoms with Gasteiger partial charge >= 0.3 is 6.61 Å². The monoisotopic (exact) mass is 439 g/mol. The number of para-hydroxylation sites is 1. The molecule has 32 heavy (non-hydrogen) atoms. The molecular formula is C24H23F2N3O3. The number of aryl methyl sites for hydroxylation is 1. The van der Waals surface area contributed by atoms with Crippen LogP contribution >= 0.6 is 0 Å². The lowest BCUT2D eigenvalue weighted by Gasteiger charge is -2.13. The number of amides is 2. The van der Waals surface area contributed by atoms with Gasteiger partial charge in [0.1, 0.15) is 5.75 Å². The zero-order chi connectivity index (χ0) is 22.9. The third-order valence-corrected chi connectivity index (χ3v) is 4.55. The van der Waals surface area contributed by atoms with Gasteiger partial charge in [-0.3, -0.25) is 9.59 Å². The number of ether oxygens (including phenoxy) is 1. The van der Waals surface area contributed by atoms with Crippen molar-refractivity contribution in [2.75, 3.05) is 17.2 Å². The van der Waals surface area contributed by atoms with Gasteiger partial charge in [-0.15, -0.1) is 0 Å². The minimum atomic E-state index is -2.91. The quantitative estimate of drug-likeness (QED) is 0.456. The summed E-state index contributed by atoms with van der Waals surface area (Å²) in [5, 5.41) is 8.48. The predicted octanol–water partition coefficient (Wildman–Crippen LogP) is 4.58. The van der Waals surface area contributed by atoms with Crippen LogP contribution in [0.2, 0.25) is 0 Å². The molecule has 0 spiro atoms. The van der Waals surface area contributed by atoms with E-state index >= 15 is 0 Å². The first-order valence-corrected chi connectivity index (χ1v) is 9.92. The molecule has 0 heterocycles. The minimum Gasteiger partial charge on any atom is -0.435 e. The highest BCUT2D eigenvalue weighted by Crippen LogP contribution is 2.18. The van der Waals surface area contributed by atoms with Gasteiger partial charge in [0.2, 0.25) is 5.91 Å². The summed E-state index contributed by atoms with van der Waals surface area (Å²) in [7, 11) is 0. The van der Waals surface area contributed by atoms with E-state index in [9.17, 15) is 18.4 Å². The van der Waals surface area contributed by atoms with E-state index in [0.717, 1.165) is 11.1 Å². The van der Waals surface area contributed by atoms with Crippen LogP contribution in [0.25, 0.3) is 0 Å². The van der Waals surface area contributed by atoms with E-state index in [0.29, 0.717) is 23.5 Å². The number of halogens is 2. The summed E-state index contributed by atoms with van der Waals surface area (Å²) in [6, 6.07) is 20.4. The summed E-state index contributed by atoms with van der Waals surface area (Å²) in [6.45, 7) is -0.609. The Morgan fingerprint density at radius 1 is 0.938 bits per heavy atom. The van der Waals surface area contributed by atoms with Crippen molar-refractivity contribution in [3.8, 4) is 5.75 Å². The van der Waals surface area contributed by atoms with E-state index in [2.05, 4.69) is 20.7 Å². The molecule has 0 saturated heterocycles. The molecule has 8 heteroatoms. The number of nitrogens with one attached hydrogen (secondary N) is 3. The summed E-state index contributed by atoms with van der Waals surface area (Å²) in [4.78, 5) is 24.9. The van der Waals surface area contributed by atoms with Gasteiger partial charge in [0.15, 0.2) is 0 Å². The molecule has 0 aromatic heterocycles. The standard InChI is InChI=1S/C24H23F2N3O3/c1-16-6-8-17(9-7-16)14-28-23(31)20-4-2-3-5-21(20)27-15-22(30)29-18-10-12-19(13-11-18)32-24(25)26/h2-13,24,27H,14-15H2,1H3,(H,28,31)(H,29,30). The first-order chi connectivity index (χ1) is 15.4. The van der Waals surface area contributed by atoms with Crippen LogP contribution in [0.4, 0.5) is 20.2 Å². The molecule has 0 saturated carbocycles. The highest BCUT2D eigenvalue weighted by molar-refractivity contribution is 6.00. The smallest absolute Gasteiger partial charge is 0.387 e. The average Bonchev–Trinajstić information content (AvgIpc) is 2.78. The lowest BCUT2D eigenvalue weighted by Crippen LogP contribution is -2.26. The lowest BCUT2D eigenvalue weighted by atomic mass is 10.1. The van der Waals surface area contributed by atoms with Crippen LogP contribution in [0.15, 0.2) is 72.8 Å². The average molecular weight is 439 g/mol. The molecule has 0 aliphatic heterocycles. The van der Waals surface area contributed by atoms with Crippen molar-refractivity contribution in [3.05, 3.63) is 89.5 Å². The molecule has 0 aliphatic rings. The van der Waals surface area contributed by atoms with E-state index in [-0.39, 0.29) is 24.1 Å². The summed E-state index contributed by atoms with van der Waals surface area (Å²) >= 11 is 0. The maximum Gasteiger partial charge on any atom is 0.387 e. The highest BCUT2D eigenvalue weighted by Gasteiger charge is 2.12. The van der Waals surface area contributed by atoms with Crippen molar-refractivity contribution in [1.29, 1.82) is 0 Å². The van der Waals surface area contributed by atoms with Gasteiger partial charge in [0.25, 0.3) is 5.91 Å². The maximum atomic E-state index is 12.6. The molecule has 0 unspecified atom stereocenters. The van der Waals surface area contributed by atoms with E-state index < -0.39 is 6.61 Å². The van der Waals surface area contributed by atoms with Gasteiger partial charge in [0, 0.05) is 17.9 Å². The molecule has 3 aromatic rings. The van der Waals surface area contributed by atoms with Gasteiger partial charge in [-0.25, -0.2) is 0 Å². The molecular weight excluding hydrogens is 416 g/mol. The molecule has 0 fully saturated rings. The molecule has 0 bridgehead atoms. The Hall–Kier alpha value is -3.94. The second-order valence-electron chi connectivity index (χ2n) is 7.02. The molecule has 0 radical (unpaired) electrons. The fourth-order valence-electron chi connectivity index (χ4n) is 2.92. The summed E-state index contributed by atoms with van der Waals surface area (Å²) in [5.41, 5.74) is 3.50. The van der Waals surface area contributed by atoms with Gasteiger partial charge in [0.05, 0.1) is 12.1 Å². The van der Waals surface area contributed by atoms with Crippen LogP contribution in [0.5, 0.6) is 5.75 Å². The fourth-order valence-corrected chi connectivity index (χ4v) is 2.92. The Morgan fingerprint density at radius 3 is 2.31 bits per heavy atom. The maximum absolute atomic E-state index is 12.6. The number of anilines is 2. The van der Waals surface area contributed by atoms with Crippen LogP contribution < -0.4 is 20.7 Å². The molecule has 166 valence electrons. The number of carbonyl (C=O) groups is 2. The third kappa shape index (κ3) is 6.80. The van der Waals surface area contributed by atoms with E-state index in [4.69, 9.17) is 0 Å². The lowest BCUT2D eigenvalue weighted by molar-refractivity contribution is -0.114. The fraction of sp³-hybridized carbons (Fsp3) is 0.167. The molecule has 2 amide bonds. The molecule has 3 N–H and O–H groups in total. The molecule has 3 aromatic carbocycles. The second-order valence-corrected chi connectivity index (χ2v) is 7.02. The Balaban J connectivity index is 1.54. The Bertz CT molecular complexity index is 1050. The van der Waals surface area contributed by atoms with Crippen molar-refractivity contribution in [1.82, 2.24) is 5.32 Å². The van der Waals surface area contributed by atoms with E-state index in [1.165, 1.54) is 24.3 Å². The van der Waals surface area contributed by atoms with Crippen LogP contribution in [-0.4, -0.2) is 25.0 Å². The van der Waals surface area contributed by atoms with Crippen molar-refractivity contribution < 1.29 is 23.1 Å². The topological polar surface area (TPSA) is 79.5 Å². The number of rotatable bonds is 9. The highest BCUT2D eigenvalue weighted by atomic mass is 19.3. The van der Waals surface area contributed by atoms with Crippen LogP contribution in [0.1, 0.15) is 21.5 Å². The molecule has 0 atom stereocenters. The van der Waals surface area contributed by atoms with Crippen molar-refractivity contribution in [2.24, 2.45) is 0 Å². The van der Waals surface area contributed by atoms with E-state index in [1.54, 1.807) is 24.3 Å². The van der Waals surface area contributed by atoms with Crippen molar-refractivity contribution >= 4 is 23.2 Å². The number of hydrogen-bond acceptors (Lipinski definition) is 4. The number of alkyl halides is 2. The zero-order valence-electron chi connectivity index (χ0n) is 17.4. The first kappa shape index (κ1) is 22.7. The molecule has 3 rings (SSSR count). The first-order valence-electron chi connectivity index (χ1n) is 9.92. The third-order valence-electron chi connectivity index (χ3n) is 4.55. The van der Waals surface area contributed by atoms with Crippen molar-refractivity contribution in [2.45, 2.75) is 20.1 Å². The van der Waals surface area contributed by atoms with Crippen molar-refractivity contribution in [3.63, 3.8) is 0 Å². The Kier molecular flexibility index (Phi) is 7.75.